The van der Waals surface area contributed by atoms with E-state index >= 15 is 0 Å². The van der Waals surface area contributed by atoms with Gasteiger partial charge in [0, 0.05) is 6.21 Å². The first-order valence-electron chi connectivity index (χ1n) is 6.37. The molecule has 104 valence electrons. The van der Waals surface area contributed by atoms with E-state index < -0.39 is 0 Å². The molecule has 7 heteroatoms. The minimum Gasteiger partial charge on any atom is -0.495 e. The molecule has 1 aromatic carbocycles. The zero-order valence-electron chi connectivity index (χ0n) is 11.2. The maximum atomic E-state index is 5.46. The number of nitrogens with one attached hydrogen (secondary N) is 1. The van der Waals surface area contributed by atoms with E-state index in [0.717, 1.165) is 27.3 Å². The van der Waals surface area contributed by atoms with Crippen LogP contribution in [0.3, 0.4) is 0 Å². The smallest absolute Gasteiger partial charge is 0.161 e. The van der Waals surface area contributed by atoms with E-state index in [1.54, 1.807) is 12.6 Å². The van der Waals surface area contributed by atoms with Gasteiger partial charge < -0.3 is 10.1 Å². The number of nitrogens with zero attached hydrogens (tertiary/aromatic N) is 4. The average Bonchev–Trinajstić information content (AvgIpc) is 3.15. The zero-order valence-corrected chi connectivity index (χ0v) is 12.0. The summed E-state index contributed by atoms with van der Waals surface area (Å²) in [5.41, 5.74) is 5.63. The van der Waals surface area contributed by atoms with Crippen LogP contribution in [0.15, 0.2) is 29.0 Å². The van der Waals surface area contributed by atoms with Crippen LogP contribution in [0, 0.1) is 0 Å². The monoisotopic (exact) mass is 297 g/mol. The van der Waals surface area contributed by atoms with Crippen LogP contribution < -0.4 is 10.1 Å². The molecule has 2 aromatic heterocycles. The number of hydrogen-bond acceptors (Lipinski definition) is 7. The molecule has 3 heterocycles. The molecule has 1 aliphatic rings. The lowest BCUT2D eigenvalue weighted by Gasteiger charge is -2.12. The number of aliphatic imine (C=N–C) groups is 1. The van der Waals surface area contributed by atoms with Crippen molar-refractivity contribution < 1.29 is 4.74 Å². The quantitative estimate of drug-likeness (QED) is 0.804. The minimum atomic E-state index is 0.675. The molecular formula is C14H11N5OS. The average molecular weight is 297 g/mol. The van der Waals surface area contributed by atoms with Gasteiger partial charge in [0.1, 0.15) is 22.4 Å². The normalized spacial score (nSPS) is 12.6. The Morgan fingerprint density at radius 3 is 3.10 bits per heavy atom. The SMILES string of the molecule is COc1cc2c(cc1Nc1ncnc3scnc13)C=NC2. The van der Waals surface area contributed by atoms with Gasteiger partial charge in [-0.15, -0.1) is 11.3 Å². The number of ether oxygens (including phenoxy) is 1. The Labute approximate surface area is 124 Å². The van der Waals surface area contributed by atoms with Crippen LogP contribution in [-0.2, 0) is 6.54 Å². The molecule has 0 aliphatic carbocycles. The summed E-state index contributed by atoms with van der Waals surface area (Å²) in [6.07, 6.45) is 3.41. The number of fused-ring (bicyclic) bond motifs is 2. The Morgan fingerprint density at radius 1 is 1.24 bits per heavy atom. The van der Waals surface area contributed by atoms with Crippen LogP contribution in [0.1, 0.15) is 11.1 Å². The first kappa shape index (κ1) is 12.2. The molecule has 0 radical (unpaired) electrons. The molecular weight excluding hydrogens is 286 g/mol. The molecule has 0 fully saturated rings. The van der Waals surface area contributed by atoms with Crippen molar-refractivity contribution in [3.8, 4) is 5.75 Å². The van der Waals surface area contributed by atoms with Crippen molar-refractivity contribution >= 4 is 39.4 Å². The van der Waals surface area contributed by atoms with Crippen LogP contribution in [-0.4, -0.2) is 28.3 Å². The Balaban J connectivity index is 1.80. The highest BCUT2D eigenvalue weighted by Crippen LogP contribution is 2.33. The second kappa shape index (κ2) is 4.78. The summed E-state index contributed by atoms with van der Waals surface area (Å²) in [7, 11) is 1.65. The molecule has 4 rings (SSSR count). The van der Waals surface area contributed by atoms with Gasteiger partial charge in [0.05, 0.1) is 24.9 Å². The number of hydrogen-bond donors (Lipinski definition) is 1. The Kier molecular flexibility index (Phi) is 2.78. The predicted molar refractivity (Wildman–Crippen MR) is 82.8 cm³/mol. The van der Waals surface area contributed by atoms with Gasteiger partial charge >= 0.3 is 0 Å². The van der Waals surface area contributed by atoms with Gasteiger partial charge in [-0.05, 0) is 23.3 Å². The molecule has 0 spiro atoms. The number of methoxy groups -OCH3 is 1. The minimum absolute atomic E-state index is 0.675. The fourth-order valence-corrected chi connectivity index (χ4v) is 2.94. The first-order chi connectivity index (χ1) is 10.3. The fourth-order valence-electron chi connectivity index (χ4n) is 2.32. The van der Waals surface area contributed by atoms with E-state index in [9.17, 15) is 0 Å². The molecule has 0 unspecified atom stereocenters. The van der Waals surface area contributed by atoms with Crippen LogP contribution in [0.4, 0.5) is 11.5 Å². The van der Waals surface area contributed by atoms with Gasteiger partial charge in [0.2, 0.25) is 0 Å². The highest BCUT2D eigenvalue weighted by atomic mass is 32.1. The molecule has 21 heavy (non-hydrogen) atoms. The number of rotatable bonds is 3. The van der Waals surface area contributed by atoms with Crippen molar-refractivity contribution in [1.82, 2.24) is 15.0 Å². The third-order valence-corrected chi connectivity index (χ3v) is 4.07. The maximum Gasteiger partial charge on any atom is 0.161 e. The molecule has 3 aromatic rings. The van der Waals surface area contributed by atoms with Crippen LogP contribution in [0.25, 0.3) is 10.3 Å². The van der Waals surface area contributed by atoms with Crippen molar-refractivity contribution in [2.75, 3.05) is 12.4 Å². The summed E-state index contributed by atoms with van der Waals surface area (Å²) in [4.78, 5) is 17.9. The van der Waals surface area contributed by atoms with Crippen LogP contribution >= 0.6 is 11.3 Å². The summed E-state index contributed by atoms with van der Waals surface area (Å²) < 4.78 is 5.46. The second-order valence-corrected chi connectivity index (χ2v) is 5.41. The Morgan fingerprint density at radius 2 is 2.19 bits per heavy atom. The lowest BCUT2D eigenvalue weighted by molar-refractivity contribution is 0.416. The van der Waals surface area contributed by atoms with Gasteiger partial charge in [-0.2, -0.15) is 0 Å². The number of aromatic nitrogens is 3. The molecule has 0 bridgehead atoms. The molecule has 1 aliphatic heterocycles. The van der Waals surface area contributed by atoms with Crippen molar-refractivity contribution in [2.24, 2.45) is 4.99 Å². The van der Waals surface area contributed by atoms with Gasteiger partial charge in [-0.3, -0.25) is 4.99 Å². The lowest BCUT2D eigenvalue weighted by Crippen LogP contribution is -2.00. The van der Waals surface area contributed by atoms with Crippen LogP contribution in [0.5, 0.6) is 5.75 Å². The Bertz CT molecular complexity index is 858. The number of benzene rings is 1. The summed E-state index contributed by atoms with van der Waals surface area (Å²) >= 11 is 1.49. The molecule has 1 N–H and O–H groups in total. The summed E-state index contributed by atoms with van der Waals surface area (Å²) in [5.74, 6) is 1.44. The molecule has 6 nitrogen and oxygen atoms in total. The van der Waals surface area contributed by atoms with Crippen LogP contribution in [0.2, 0.25) is 0 Å². The second-order valence-electron chi connectivity index (χ2n) is 4.57. The highest BCUT2D eigenvalue weighted by molar-refractivity contribution is 7.16. The van der Waals surface area contributed by atoms with Gasteiger partial charge in [0.25, 0.3) is 0 Å². The summed E-state index contributed by atoms with van der Waals surface area (Å²) in [5, 5.41) is 3.29. The molecule has 0 amide bonds. The summed E-state index contributed by atoms with van der Waals surface area (Å²) in [6, 6.07) is 4.02. The van der Waals surface area contributed by atoms with E-state index in [2.05, 4.69) is 25.3 Å². The van der Waals surface area contributed by atoms with Gasteiger partial charge in [-0.25, -0.2) is 15.0 Å². The first-order valence-corrected chi connectivity index (χ1v) is 7.25. The van der Waals surface area contributed by atoms with Crippen molar-refractivity contribution in [3.63, 3.8) is 0 Å². The van der Waals surface area contributed by atoms with Crippen molar-refractivity contribution in [3.05, 3.63) is 35.1 Å². The van der Waals surface area contributed by atoms with E-state index in [-0.39, 0.29) is 0 Å². The maximum absolute atomic E-state index is 5.46. The predicted octanol–water partition coefficient (Wildman–Crippen LogP) is 2.77. The zero-order chi connectivity index (χ0) is 14.2. The third kappa shape index (κ3) is 2.02. The van der Waals surface area contributed by atoms with Gasteiger partial charge in [0.15, 0.2) is 5.82 Å². The highest BCUT2D eigenvalue weighted by Gasteiger charge is 2.14. The standard InChI is InChI=1S/C14H11N5OS/c1-20-11-3-9-5-15-4-8(9)2-10(11)19-13-12-14(17-6-16-13)21-7-18-12/h2-4,6-7H,5H2,1H3,(H,16,17,19). The molecule has 0 saturated carbocycles. The third-order valence-electron chi connectivity index (χ3n) is 3.34. The largest absolute Gasteiger partial charge is 0.495 e. The van der Waals surface area contributed by atoms with Gasteiger partial charge in [-0.1, -0.05) is 0 Å². The van der Waals surface area contributed by atoms with E-state index in [1.165, 1.54) is 23.2 Å². The summed E-state index contributed by atoms with van der Waals surface area (Å²) in [6.45, 7) is 0.704. The van der Waals surface area contributed by atoms with E-state index in [1.807, 2.05) is 18.3 Å². The molecule has 0 atom stereocenters. The molecule has 0 saturated heterocycles. The number of anilines is 2. The topological polar surface area (TPSA) is 72.3 Å². The lowest BCUT2D eigenvalue weighted by atomic mass is 10.1. The number of thiazole rings is 1. The Hall–Kier alpha value is -2.54. The van der Waals surface area contributed by atoms with E-state index in [4.69, 9.17) is 4.74 Å². The fraction of sp³-hybridized carbons (Fsp3) is 0.143. The van der Waals surface area contributed by atoms with E-state index in [0.29, 0.717) is 12.4 Å². The van der Waals surface area contributed by atoms with Crippen molar-refractivity contribution in [1.29, 1.82) is 0 Å². The van der Waals surface area contributed by atoms with Crippen molar-refractivity contribution in [2.45, 2.75) is 6.54 Å².